The van der Waals surface area contributed by atoms with Gasteiger partial charge in [-0.25, -0.2) is 9.97 Å². The second kappa shape index (κ2) is 10.0. The van der Waals surface area contributed by atoms with Gasteiger partial charge in [0.2, 0.25) is 0 Å². The van der Waals surface area contributed by atoms with Crippen molar-refractivity contribution in [2.24, 2.45) is 0 Å². The monoisotopic (exact) mass is 571 g/mol. The molecule has 0 unspecified atom stereocenters. The Kier molecular flexibility index (Phi) is 5.99. The lowest BCUT2D eigenvalue weighted by molar-refractivity contribution is 0.647. The van der Waals surface area contributed by atoms with Crippen LogP contribution in [0.2, 0.25) is 0 Å². The fraction of sp³-hybridized carbons (Fsp3) is 0.0769. The van der Waals surface area contributed by atoms with Gasteiger partial charge in [0, 0.05) is 42.8 Å². The summed E-state index contributed by atoms with van der Waals surface area (Å²) in [5.41, 5.74) is 9.74. The van der Waals surface area contributed by atoms with Gasteiger partial charge in [-0.1, -0.05) is 123 Å². The highest BCUT2D eigenvalue weighted by Crippen LogP contribution is 2.57. The number of hydrogen-bond acceptors (Lipinski definition) is 4. The van der Waals surface area contributed by atoms with Gasteiger partial charge in [-0.2, -0.15) is 0 Å². The molecule has 0 aliphatic carbocycles. The van der Waals surface area contributed by atoms with E-state index in [1.807, 2.05) is 23.5 Å². The summed E-state index contributed by atoms with van der Waals surface area (Å²) in [6, 6.07) is 49.1. The summed E-state index contributed by atoms with van der Waals surface area (Å²) in [4.78, 5) is 14.0. The van der Waals surface area contributed by atoms with E-state index in [1.54, 1.807) is 0 Å². The number of para-hydroxylation sites is 1. The van der Waals surface area contributed by atoms with Gasteiger partial charge < -0.3 is 4.90 Å². The average molecular weight is 572 g/mol. The largest absolute Gasteiger partial charge is 0.308 e. The lowest BCUT2D eigenvalue weighted by Crippen LogP contribution is -2.29. The van der Waals surface area contributed by atoms with E-state index in [4.69, 9.17) is 9.97 Å². The molecule has 4 heteroatoms. The van der Waals surface area contributed by atoms with Crippen molar-refractivity contribution in [2.45, 2.75) is 19.3 Å². The van der Waals surface area contributed by atoms with E-state index in [0.717, 1.165) is 33.8 Å². The van der Waals surface area contributed by atoms with Crippen molar-refractivity contribution >= 4 is 38.5 Å². The molecule has 1 aliphatic heterocycles. The maximum absolute atomic E-state index is 5.11. The van der Waals surface area contributed by atoms with E-state index in [1.165, 1.54) is 31.9 Å². The van der Waals surface area contributed by atoms with Gasteiger partial charge in [0.15, 0.2) is 5.82 Å². The van der Waals surface area contributed by atoms with Gasteiger partial charge in [-0.15, -0.1) is 11.3 Å². The number of hydrogen-bond donors (Lipinski definition) is 0. The van der Waals surface area contributed by atoms with Crippen molar-refractivity contribution in [1.82, 2.24) is 9.97 Å². The second-order valence-corrected chi connectivity index (χ2v) is 12.6. The third kappa shape index (κ3) is 4.26. The molecule has 3 heterocycles. The molecule has 3 nitrogen and oxygen atoms in total. The lowest BCUT2D eigenvalue weighted by atomic mass is 9.78. The van der Waals surface area contributed by atoms with Crippen LogP contribution < -0.4 is 4.90 Å². The Morgan fingerprint density at radius 1 is 0.581 bits per heavy atom. The minimum absolute atomic E-state index is 0.110. The first-order valence-corrected chi connectivity index (χ1v) is 15.4. The Bertz CT molecular complexity index is 2050. The summed E-state index contributed by atoms with van der Waals surface area (Å²) in [5, 5.41) is 1.28. The number of rotatable bonds is 4. The van der Waals surface area contributed by atoms with Gasteiger partial charge in [0.1, 0.15) is 0 Å². The first-order valence-electron chi connectivity index (χ1n) is 14.6. The number of nitrogens with zero attached hydrogens (tertiary/aromatic N) is 3. The molecule has 1 aliphatic rings. The third-order valence-corrected chi connectivity index (χ3v) is 9.89. The summed E-state index contributed by atoms with van der Waals surface area (Å²) in [5.74, 6) is 0.711. The zero-order chi connectivity index (χ0) is 29.0. The molecule has 8 rings (SSSR count). The highest BCUT2D eigenvalue weighted by atomic mass is 32.1. The van der Waals surface area contributed by atoms with Crippen LogP contribution in [0, 0.1) is 0 Å². The van der Waals surface area contributed by atoms with Crippen LogP contribution in [0.15, 0.2) is 140 Å². The van der Waals surface area contributed by atoms with E-state index < -0.39 is 0 Å². The number of fused-ring (bicyclic) bond motifs is 4. The van der Waals surface area contributed by atoms with Crippen molar-refractivity contribution in [2.75, 3.05) is 4.90 Å². The fourth-order valence-corrected chi connectivity index (χ4v) is 7.56. The predicted octanol–water partition coefficient (Wildman–Crippen LogP) is 10.8. The standard InChI is InChI=1S/C39H29N3S/c1-39(2)31-21-10-11-22-34(31)42(36-30-20-9-12-23-35(30)43-37(36)39)29-19-13-18-28(24-29)38-40-32(26-14-5-3-6-15-26)25-33(41-38)27-16-7-4-8-17-27/h3-25H,1-2H3. The summed E-state index contributed by atoms with van der Waals surface area (Å²) in [6.45, 7) is 4.70. The molecule has 43 heavy (non-hydrogen) atoms. The average Bonchev–Trinajstić information content (AvgIpc) is 3.46. The number of aromatic nitrogens is 2. The zero-order valence-electron chi connectivity index (χ0n) is 24.0. The van der Waals surface area contributed by atoms with Gasteiger partial charge in [0.25, 0.3) is 0 Å². The van der Waals surface area contributed by atoms with Crippen LogP contribution in [0.1, 0.15) is 24.3 Å². The molecule has 0 atom stereocenters. The highest BCUT2D eigenvalue weighted by Gasteiger charge is 2.39. The third-order valence-electron chi connectivity index (χ3n) is 8.41. The van der Waals surface area contributed by atoms with Crippen molar-refractivity contribution in [3.63, 3.8) is 0 Å². The van der Waals surface area contributed by atoms with Crippen LogP contribution >= 0.6 is 11.3 Å². The van der Waals surface area contributed by atoms with E-state index in [-0.39, 0.29) is 5.41 Å². The molecule has 206 valence electrons. The summed E-state index contributed by atoms with van der Waals surface area (Å²) < 4.78 is 1.31. The van der Waals surface area contributed by atoms with Crippen molar-refractivity contribution < 1.29 is 0 Å². The van der Waals surface area contributed by atoms with E-state index >= 15 is 0 Å². The second-order valence-electron chi connectivity index (χ2n) is 11.5. The minimum Gasteiger partial charge on any atom is -0.308 e. The lowest BCUT2D eigenvalue weighted by Gasteiger charge is -2.40. The minimum atomic E-state index is -0.110. The molecular formula is C39H29N3S. The van der Waals surface area contributed by atoms with Gasteiger partial charge in [-0.3, -0.25) is 0 Å². The molecule has 0 saturated carbocycles. The van der Waals surface area contributed by atoms with E-state index in [2.05, 4.69) is 146 Å². The Morgan fingerprint density at radius 2 is 1.19 bits per heavy atom. The molecule has 0 saturated heterocycles. The van der Waals surface area contributed by atoms with Crippen LogP contribution in [-0.4, -0.2) is 9.97 Å². The maximum Gasteiger partial charge on any atom is 0.160 e. The van der Waals surface area contributed by atoms with Crippen LogP contribution in [0.3, 0.4) is 0 Å². The highest BCUT2D eigenvalue weighted by molar-refractivity contribution is 7.20. The number of thiophene rings is 1. The smallest absolute Gasteiger partial charge is 0.160 e. The molecule has 2 aromatic heterocycles. The molecule has 0 spiro atoms. The van der Waals surface area contributed by atoms with Gasteiger partial charge in [0.05, 0.1) is 22.8 Å². The molecule has 5 aromatic carbocycles. The molecule has 0 fully saturated rings. The SMILES string of the molecule is CC1(C)c2ccccc2N(c2cccc(-c3nc(-c4ccccc4)cc(-c4ccccc4)n3)c2)c2c1sc1ccccc21. The number of benzene rings is 5. The molecule has 0 bridgehead atoms. The Balaban J connectivity index is 1.34. The van der Waals surface area contributed by atoms with Crippen LogP contribution in [0.25, 0.3) is 44.0 Å². The molecular weight excluding hydrogens is 543 g/mol. The zero-order valence-corrected chi connectivity index (χ0v) is 24.8. The predicted molar refractivity (Wildman–Crippen MR) is 181 cm³/mol. The first-order chi connectivity index (χ1) is 21.1. The van der Waals surface area contributed by atoms with Crippen molar-refractivity contribution in [1.29, 1.82) is 0 Å². The van der Waals surface area contributed by atoms with Gasteiger partial charge >= 0.3 is 0 Å². The van der Waals surface area contributed by atoms with Crippen molar-refractivity contribution in [3.8, 4) is 33.9 Å². The molecule has 0 amide bonds. The van der Waals surface area contributed by atoms with Crippen molar-refractivity contribution in [3.05, 3.63) is 150 Å². The maximum atomic E-state index is 5.11. The van der Waals surface area contributed by atoms with Crippen LogP contribution in [0.4, 0.5) is 17.1 Å². The summed E-state index contributed by atoms with van der Waals surface area (Å²) in [6.07, 6.45) is 0. The fourth-order valence-electron chi connectivity index (χ4n) is 6.26. The molecule has 0 radical (unpaired) electrons. The Morgan fingerprint density at radius 3 is 1.91 bits per heavy atom. The Hall–Kier alpha value is -5.06. The quantitative estimate of drug-likeness (QED) is 0.210. The molecule has 7 aromatic rings. The van der Waals surface area contributed by atoms with E-state index in [9.17, 15) is 0 Å². The Labute approximate surface area is 255 Å². The van der Waals surface area contributed by atoms with E-state index in [0.29, 0.717) is 5.82 Å². The first kappa shape index (κ1) is 25.6. The normalized spacial score (nSPS) is 13.5. The van der Waals surface area contributed by atoms with Crippen LogP contribution in [0.5, 0.6) is 0 Å². The summed E-state index contributed by atoms with van der Waals surface area (Å²) >= 11 is 1.90. The summed E-state index contributed by atoms with van der Waals surface area (Å²) in [7, 11) is 0. The number of anilines is 3. The van der Waals surface area contributed by atoms with Crippen LogP contribution in [-0.2, 0) is 5.41 Å². The molecule has 0 N–H and O–H groups in total. The van der Waals surface area contributed by atoms with Gasteiger partial charge in [-0.05, 0) is 35.9 Å². The topological polar surface area (TPSA) is 29.0 Å².